The van der Waals surface area contributed by atoms with Gasteiger partial charge in [-0.1, -0.05) is 65.4 Å². The molecule has 0 unspecified atom stereocenters. The van der Waals surface area contributed by atoms with Crippen molar-refractivity contribution >= 4 is 43.2 Å². The highest BCUT2D eigenvalue weighted by Crippen LogP contribution is 2.23. The largest absolute Gasteiger partial charge is 0.308 e. The zero-order chi connectivity index (χ0) is 22.7. The molecule has 4 aromatic rings. The molecular formula is C24H23ClN2O3S2. The van der Waals surface area contributed by atoms with E-state index in [0.29, 0.717) is 28.2 Å². The number of rotatable bonds is 8. The van der Waals surface area contributed by atoms with Crippen molar-refractivity contribution in [2.24, 2.45) is 0 Å². The van der Waals surface area contributed by atoms with Crippen molar-refractivity contribution in [3.05, 3.63) is 98.6 Å². The summed E-state index contributed by atoms with van der Waals surface area (Å²) in [6.45, 7) is 2.26. The van der Waals surface area contributed by atoms with Gasteiger partial charge in [0.1, 0.15) is 0 Å². The minimum absolute atomic E-state index is 0.131. The van der Waals surface area contributed by atoms with Gasteiger partial charge in [-0.25, -0.2) is 13.1 Å². The van der Waals surface area contributed by atoms with E-state index < -0.39 is 10.0 Å². The second-order valence-electron chi connectivity index (χ2n) is 7.76. The predicted molar refractivity (Wildman–Crippen MR) is 131 cm³/mol. The third-order valence-corrected chi connectivity index (χ3v) is 8.05. The van der Waals surface area contributed by atoms with E-state index in [1.54, 1.807) is 34.9 Å². The molecular weight excluding hydrogens is 464 g/mol. The lowest BCUT2D eigenvalue weighted by Crippen LogP contribution is -2.32. The van der Waals surface area contributed by atoms with Gasteiger partial charge in [-0.3, -0.25) is 9.36 Å². The van der Waals surface area contributed by atoms with Crippen molar-refractivity contribution in [1.82, 2.24) is 9.29 Å². The van der Waals surface area contributed by atoms with E-state index in [1.165, 1.54) is 5.56 Å². The number of halogens is 1. The molecule has 0 amide bonds. The number of nitrogens with zero attached hydrogens (tertiary/aromatic N) is 1. The molecule has 0 bridgehead atoms. The summed E-state index contributed by atoms with van der Waals surface area (Å²) < 4.78 is 30.9. The summed E-state index contributed by atoms with van der Waals surface area (Å²) in [4.78, 5) is 12.6. The summed E-state index contributed by atoms with van der Waals surface area (Å²) in [6, 6.07) is 21.9. The Kier molecular flexibility index (Phi) is 6.81. The first-order valence-corrected chi connectivity index (χ1v) is 12.9. The summed E-state index contributed by atoms with van der Waals surface area (Å²) in [5.41, 5.74) is 2.83. The molecule has 0 aliphatic heterocycles. The summed E-state index contributed by atoms with van der Waals surface area (Å²) in [5, 5.41) is 0.636. The maximum Gasteiger partial charge on any atom is 0.308 e. The Morgan fingerprint density at radius 3 is 2.44 bits per heavy atom. The molecule has 4 rings (SSSR count). The van der Waals surface area contributed by atoms with Crippen molar-refractivity contribution in [2.45, 2.75) is 37.2 Å². The Labute approximate surface area is 196 Å². The van der Waals surface area contributed by atoms with Crippen LogP contribution in [0, 0.1) is 0 Å². The lowest BCUT2D eigenvalue weighted by Gasteiger charge is -2.14. The summed E-state index contributed by atoms with van der Waals surface area (Å²) in [6.07, 6.45) is 1.48. The highest BCUT2D eigenvalue weighted by atomic mass is 35.5. The number of sulfonamides is 1. The first-order chi connectivity index (χ1) is 15.3. The Bertz CT molecular complexity index is 1380. The lowest BCUT2D eigenvalue weighted by atomic mass is 10.1. The first kappa shape index (κ1) is 22.7. The molecule has 1 atom stereocenters. The van der Waals surface area contributed by atoms with Gasteiger partial charge in [0.25, 0.3) is 0 Å². The number of aromatic nitrogens is 1. The second kappa shape index (κ2) is 9.58. The molecule has 3 aromatic carbocycles. The lowest BCUT2D eigenvalue weighted by molar-refractivity contribution is 0.547. The Hall–Kier alpha value is -2.45. The van der Waals surface area contributed by atoms with Crippen LogP contribution in [-0.2, 0) is 23.0 Å². The quantitative estimate of drug-likeness (QED) is 0.378. The molecule has 5 nitrogen and oxygen atoms in total. The van der Waals surface area contributed by atoms with Crippen LogP contribution in [0.4, 0.5) is 0 Å². The van der Waals surface area contributed by atoms with Crippen LogP contribution >= 0.6 is 22.9 Å². The molecule has 166 valence electrons. The molecule has 0 spiro atoms. The molecule has 0 fully saturated rings. The molecule has 0 radical (unpaired) electrons. The third kappa shape index (κ3) is 5.30. The number of benzene rings is 3. The fourth-order valence-electron chi connectivity index (χ4n) is 3.56. The van der Waals surface area contributed by atoms with Crippen molar-refractivity contribution in [3.63, 3.8) is 0 Å². The van der Waals surface area contributed by atoms with Crippen molar-refractivity contribution < 1.29 is 8.42 Å². The van der Waals surface area contributed by atoms with Crippen LogP contribution in [0.5, 0.6) is 0 Å². The van der Waals surface area contributed by atoms with Crippen LogP contribution in [0.2, 0.25) is 5.02 Å². The minimum Gasteiger partial charge on any atom is -0.294 e. The highest BCUT2D eigenvalue weighted by Gasteiger charge is 2.19. The molecule has 0 aliphatic rings. The van der Waals surface area contributed by atoms with Crippen LogP contribution in [-0.4, -0.2) is 19.0 Å². The highest BCUT2D eigenvalue weighted by molar-refractivity contribution is 7.89. The molecule has 8 heteroatoms. The number of nitrogens with one attached hydrogen (secondary N) is 1. The van der Waals surface area contributed by atoms with Crippen LogP contribution < -0.4 is 9.60 Å². The zero-order valence-electron chi connectivity index (χ0n) is 17.5. The fourth-order valence-corrected chi connectivity index (χ4v) is 5.99. The maximum absolute atomic E-state index is 12.9. The Morgan fingerprint density at radius 2 is 1.72 bits per heavy atom. The number of thiazole rings is 1. The van der Waals surface area contributed by atoms with Crippen LogP contribution in [0.1, 0.15) is 24.5 Å². The monoisotopic (exact) mass is 486 g/mol. The zero-order valence-corrected chi connectivity index (χ0v) is 19.9. The number of aryl methyl sites for hydroxylation is 1. The van der Waals surface area contributed by atoms with Gasteiger partial charge in [-0.05, 0) is 61.2 Å². The van der Waals surface area contributed by atoms with E-state index in [4.69, 9.17) is 11.6 Å². The Morgan fingerprint density at radius 1 is 1.00 bits per heavy atom. The van der Waals surface area contributed by atoms with Gasteiger partial charge >= 0.3 is 4.87 Å². The topological polar surface area (TPSA) is 68.2 Å². The molecule has 0 saturated heterocycles. The first-order valence-electron chi connectivity index (χ1n) is 10.3. The standard InChI is InChI=1S/C24H23ClN2O3S2/c1-17(7-8-18-5-3-2-4-6-18)26-32(29,30)21-13-14-22-23(15-21)31-24(28)27(22)16-19-9-11-20(25)12-10-19/h2-6,9-15,17,26H,7-8,16H2,1H3/t17-/m0/s1. The van der Waals surface area contributed by atoms with E-state index in [1.807, 2.05) is 49.4 Å². The number of hydrogen-bond acceptors (Lipinski definition) is 4. The van der Waals surface area contributed by atoms with Gasteiger partial charge in [0.2, 0.25) is 10.0 Å². The van der Waals surface area contributed by atoms with Gasteiger partial charge in [0.05, 0.1) is 21.7 Å². The van der Waals surface area contributed by atoms with Gasteiger partial charge < -0.3 is 0 Å². The smallest absolute Gasteiger partial charge is 0.294 e. The van der Waals surface area contributed by atoms with E-state index >= 15 is 0 Å². The van der Waals surface area contributed by atoms with E-state index in [0.717, 1.165) is 23.3 Å². The molecule has 1 heterocycles. The Balaban J connectivity index is 1.51. The van der Waals surface area contributed by atoms with Gasteiger partial charge in [-0.15, -0.1) is 0 Å². The van der Waals surface area contributed by atoms with Gasteiger partial charge in [-0.2, -0.15) is 0 Å². The molecule has 1 aromatic heterocycles. The summed E-state index contributed by atoms with van der Waals surface area (Å²) in [7, 11) is -3.69. The van der Waals surface area contributed by atoms with Crippen molar-refractivity contribution in [1.29, 1.82) is 0 Å². The van der Waals surface area contributed by atoms with Crippen LogP contribution in [0.15, 0.2) is 82.5 Å². The molecule has 0 aliphatic carbocycles. The average Bonchev–Trinajstić information content (AvgIpc) is 3.08. The van der Waals surface area contributed by atoms with E-state index in [9.17, 15) is 13.2 Å². The van der Waals surface area contributed by atoms with Crippen molar-refractivity contribution in [3.8, 4) is 0 Å². The fraction of sp³-hybridized carbons (Fsp3) is 0.208. The maximum atomic E-state index is 12.9. The molecule has 0 saturated carbocycles. The second-order valence-corrected chi connectivity index (χ2v) is 10.9. The van der Waals surface area contributed by atoms with E-state index in [-0.39, 0.29) is 15.8 Å². The van der Waals surface area contributed by atoms with Crippen LogP contribution in [0.3, 0.4) is 0 Å². The summed E-state index contributed by atoms with van der Waals surface area (Å²) >= 11 is 6.98. The molecule has 1 N–H and O–H groups in total. The SMILES string of the molecule is C[C@@H](CCc1ccccc1)NS(=O)(=O)c1ccc2c(c1)sc(=O)n2Cc1ccc(Cl)cc1. The van der Waals surface area contributed by atoms with Crippen molar-refractivity contribution in [2.75, 3.05) is 0 Å². The predicted octanol–water partition coefficient (Wildman–Crippen LogP) is 5.06. The average molecular weight is 487 g/mol. The normalized spacial score (nSPS) is 12.8. The summed E-state index contributed by atoms with van der Waals surface area (Å²) in [5.74, 6) is 0. The molecule has 32 heavy (non-hydrogen) atoms. The van der Waals surface area contributed by atoms with Gasteiger partial charge in [0.15, 0.2) is 0 Å². The minimum atomic E-state index is -3.69. The number of fused-ring (bicyclic) bond motifs is 1. The van der Waals surface area contributed by atoms with E-state index in [2.05, 4.69) is 4.72 Å². The third-order valence-electron chi connectivity index (χ3n) is 5.27. The van der Waals surface area contributed by atoms with Crippen LogP contribution in [0.25, 0.3) is 10.2 Å². The number of hydrogen-bond donors (Lipinski definition) is 1. The van der Waals surface area contributed by atoms with Gasteiger partial charge in [0, 0.05) is 11.1 Å².